The van der Waals surface area contributed by atoms with Crippen molar-refractivity contribution in [2.75, 3.05) is 0 Å². The fourth-order valence-electron chi connectivity index (χ4n) is 1.50. The highest BCUT2D eigenvalue weighted by Gasteiger charge is 2.02. The van der Waals surface area contributed by atoms with Gasteiger partial charge in [0.2, 0.25) is 0 Å². The lowest BCUT2D eigenvalue weighted by molar-refractivity contribution is 0.582. The number of nitriles is 1. The molecule has 1 aromatic heterocycles. The van der Waals surface area contributed by atoms with Crippen molar-refractivity contribution < 1.29 is 0 Å². The van der Waals surface area contributed by atoms with Crippen LogP contribution in [0.5, 0.6) is 0 Å². The summed E-state index contributed by atoms with van der Waals surface area (Å²) in [7, 11) is 0. The summed E-state index contributed by atoms with van der Waals surface area (Å²) in [5.74, 6) is 0. The Morgan fingerprint density at radius 1 is 1.57 bits per heavy atom. The smallest absolute Gasteiger partial charge is 0.267 e. The first-order valence-corrected chi connectivity index (χ1v) is 4.46. The Morgan fingerprint density at radius 3 is 3.21 bits per heavy atom. The summed E-state index contributed by atoms with van der Waals surface area (Å²) in [5, 5.41) is 14.0. The van der Waals surface area contributed by atoms with E-state index in [0.29, 0.717) is 13.0 Å². The van der Waals surface area contributed by atoms with E-state index in [-0.39, 0.29) is 5.56 Å². The molecule has 0 radical (unpaired) electrons. The van der Waals surface area contributed by atoms with Gasteiger partial charge in [0.15, 0.2) is 0 Å². The molecule has 2 rings (SSSR count). The van der Waals surface area contributed by atoms with Crippen LogP contribution in [0.15, 0.2) is 11.0 Å². The topological polar surface area (TPSA) is 58.7 Å². The van der Waals surface area contributed by atoms with E-state index in [1.54, 1.807) is 6.20 Å². The molecule has 1 aliphatic rings. The van der Waals surface area contributed by atoms with Gasteiger partial charge in [-0.3, -0.25) is 4.79 Å². The van der Waals surface area contributed by atoms with Gasteiger partial charge in [0, 0.05) is 10.4 Å². The number of aryl methyl sites for hydroxylation is 1. The molecule has 1 aromatic rings. The Labute approximate surface area is 80.4 Å². The van der Waals surface area contributed by atoms with Crippen LogP contribution in [0.25, 0.3) is 12.2 Å². The summed E-state index contributed by atoms with van der Waals surface area (Å²) in [4.78, 5) is 11.7. The van der Waals surface area contributed by atoms with Crippen LogP contribution in [-0.4, -0.2) is 9.78 Å². The third-order valence-corrected chi connectivity index (χ3v) is 2.21. The highest BCUT2D eigenvalue weighted by atomic mass is 16.1. The third-order valence-electron chi connectivity index (χ3n) is 2.21. The van der Waals surface area contributed by atoms with E-state index in [4.69, 9.17) is 5.26 Å². The summed E-state index contributed by atoms with van der Waals surface area (Å²) >= 11 is 0. The van der Waals surface area contributed by atoms with Gasteiger partial charge in [-0.1, -0.05) is 12.2 Å². The number of fused-ring (bicyclic) bond motifs is 1. The zero-order chi connectivity index (χ0) is 9.97. The average molecular weight is 187 g/mol. The summed E-state index contributed by atoms with van der Waals surface area (Å²) in [5.41, 5.74) is -0.0912. The molecule has 0 saturated heterocycles. The van der Waals surface area contributed by atoms with Gasteiger partial charge in [-0.05, 0) is 6.42 Å². The quantitative estimate of drug-likeness (QED) is 0.604. The van der Waals surface area contributed by atoms with Crippen molar-refractivity contribution in [2.24, 2.45) is 0 Å². The van der Waals surface area contributed by atoms with Crippen molar-refractivity contribution in [3.8, 4) is 6.07 Å². The minimum atomic E-state index is -0.0912. The third kappa shape index (κ3) is 1.33. The number of rotatable bonds is 2. The highest BCUT2D eigenvalue weighted by Crippen LogP contribution is 1.85. The van der Waals surface area contributed by atoms with Crippen molar-refractivity contribution in [3.63, 3.8) is 0 Å². The van der Waals surface area contributed by atoms with Crippen LogP contribution in [0.3, 0.4) is 0 Å². The van der Waals surface area contributed by atoms with E-state index in [0.717, 1.165) is 16.9 Å². The second kappa shape index (κ2) is 3.46. The predicted octanol–water partition coefficient (Wildman–Crippen LogP) is -0.878. The number of aromatic nitrogens is 2. The number of nitrogens with zero attached hydrogens (tertiary/aromatic N) is 3. The summed E-state index contributed by atoms with van der Waals surface area (Å²) in [6.07, 6.45) is 6.65. The highest BCUT2D eigenvalue weighted by molar-refractivity contribution is 5.44. The van der Waals surface area contributed by atoms with Gasteiger partial charge in [-0.15, -0.1) is 0 Å². The number of hydrogen-bond acceptors (Lipinski definition) is 3. The molecule has 0 bridgehead atoms. The fraction of sp³-hybridized carbons (Fsp3) is 0.300. The molecule has 70 valence electrons. The Balaban J connectivity index is 2.54. The average Bonchev–Trinajstić information content (AvgIpc) is 2.66. The predicted molar refractivity (Wildman–Crippen MR) is 51.5 cm³/mol. The minimum absolute atomic E-state index is 0.0912. The fourth-order valence-corrected chi connectivity index (χ4v) is 1.50. The van der Waals surface area contributed by atoms with Gasteiger partial charge in [0.05, 0.1) is 25.2 Å². The molecular weight excluding hydrogens is 178 g/mol. The lowest BCUT2D eigenvalue weighted by atomic mass is 10.4. The monoisotopic (exact) mass is 187 g/mol. The molecule has 0 unspecified atom stereocenters. The van der Waals surface area contributed by atoms with Gasteiger partial charge in [-0.25, -0.2) is 4.68 Å². The Morgan fingerprint density at radius 2 is 2.43 bits per heavy atom. The molecule has 0 atom stereocenters. The molecule has 0 aromatic carbocycles. The maximum absolute atomic E-state index is 11.7. The van der Waals surface area contributed by atoms with Crippen molar-refractivity contribution in [1.82, 2.24) is 9.78 Å². The van der Waals surface area contributed by atoms with Gasteiger partial charge in [0.25, 0.3) is 5.56 Å². The zero-order valence-corrected chi connectivity index (χ0v) is 7.60. The molecule has 0 saturated carbocycles. The van der Waals surface area contributed by atoms with E-state index in [2.05, 4.69) is 5.10 Å². The van der Waals surface area contributed by atoms with Crippen molar-refractivity contribution in [3.05, 3.63) is 27.0 Å². The SMILES string of the molecule is N#CCCn1ncc2c(c1=O)=CCC=2. The summed E-state index contributed by atoms with van der Waals surface area (Å²) in [6, 6.07) is 1.99. The van der Waals surface area contributed by atoms with Gasteiger partial charge in [0.1, 0.15) is 0 Å². The van der Waals surface area contributed by atoms with Crippen LogP contribution in [0.4, 0.5) is 0 Å². The standard InChI is InChI=1S/C10H9N3O/c11-5-2-6-13-10(14)9-4-1-3-8(9)7-12-13/h3-4,7H,1-2,6H2. The molecule has 0 amide bonds. The Hall–Kier alpha value is -1.89. The van der Waals surface area contributed by atoms with E-state index in [1.807, 2.05) is 18.2 Å². The molecule has 1 aliphatic carbocycles. The van der Waals surface area contributed by atoms with Crippen LogP contribution < -0.4 is 16.0 Å². The first-order chi connectivity index (χ1) is 6.83. The first-order valence-electron chi connectivity index (χ1n) is 4.46. The van der Waals surface area contributed by atoms with Gasteiger partial charge < -0.3 is 0 Å². The molecule has 1 heterocycles. The van der Waals surface area contributed by atoms with E-state index in [9.17, 15) is 4.79 Å². The second-order valence-corrected chi connectivity index (χ2v) is 3.09. The summed E-state index contributed by atoms with van der Waals surface area (Å²) < 4.78 is 1.34. The van der Waals surface area contributed by atoms with Crippen molar-refractivity contribution >= 4 is 12.2 Å². The zero-order valence-electron chi connectivity index (χ0n) is 7.60. The van der Waals surface area contributed by atoms with Gasteiger partial charge >= 0.3 is 0 Å². The maximum Gasteiger partial charge on any atom is 0.274 e. The molecule has 14 heavy (non-hydrogen) atoms. The molecular formula is C10H9N3O. The van der Waals surface area contributed by atoms with Crippen LogP contribution in [0, 0.1) is 11.3 Å². The number of hydrogen-bond donors (Lipinski definition) is 0. The molecule has 0 N–H and O–H groups in total. The largest absolute Gasteiger partial charge is 0.274 e. The first kappa shape index (κ1) is 8.70. The molecule has 0 aliphatic heterocycles. The Kier molecular flexibility index (Phi) is 2.15. The van der Waals surface area contributed by atoms with Crippen molar-refractivity contribution in [2.45, 2.75) is 19.4 Å². The maximum atomic E-state index is 11.7. The van der Waals surface area contributed by atoms with Crippen LogP contribution in [0.1, 0.15) is 12.8 Å². The lowest BCUT2D eigenvalue weighted by Crippen LogP contribution is -2.44. The van der Waals surface area contributed by atoms with Crippen LogP contribution in [-0.2, 0) is 6.54 Å². The van der Waals surface area contributed by atoms with Crippen LogP contribution >= 0.6 is 0 Å². The molecule has 0 spiro atoms. The Bertz CT molecular complexity index is 563. The normalized spacial score (nSPS) is 12.5. The molecule has 0 fully saturated rings. The second-order valence-electron chi connectivity index (χ2n) is 3.09. The van der Waals surface area contributed by atoms with E-state index >= 15 is 0 Å². The molecule has 4 nitrogen and oxygen atoms in total. The van der Waals surface area contributed by atoms with E-state index in [1.165, 1.54) is 4.68 Å². The molecule has 4 heteroatoms. The van der Waals surface area contributed by atoms with E-state index < -0.39 is 0 Å². The summed E-state index contributed by atoms with van der Waals surface area (Å²) in [6.45, 7) is 0.371. The van der Waals surface area contributed by atoms with Crippen molar-refractivity contribution in [1.29, 1.82) is 5.26 Å². The lowest BCUT2D eigenvalue weighted by Gasteiger charge is -1.98. The van der Waals surface area contributed by atoms with Gasteiger partial charge in [-0.2, -0.15) is 10.4 Å². The minimum Gasteiger partial charge on any atom is -0.267 e. The van der Waals surface area contributed by atoms with Crippen LogP contribution in [0.2, 0.25) is 0 Å².